The normalized spacial score (nSPS) is 14.4. The highest BCUT2D eigenvalue weighted by Gasteiger charge is 2.15. The van der Waals surface area contributed by atoms with Crippen LogP contribution < -0.4 is 0 Å². The largest absolute Gasteiger partial charge is 0.386 e. The Kier molecular flexibility index (Phi) is 3.75. The second-order valence-corrected chi connectivity index (χ2v) is 5.40. The SMILES string of the molecule is CCC(C)n1ccc(CC(O)c2cn3ccccc3n2)n1. The molecule has 2 unspecified atom stereocenters. The predicted molar refractivity (Wildman–Crippen MR) is 81.1 cm³/mol. The molecule has 5 heteroatoms. The summed E-state index contributed by atoms with van der Waals surface area (Å²) in [6.07, 6.45) is 6.65. The number of rotatable bonds is 5. The first-order chi connectivity index (χ1) is 10.2. The van der Waals surface area contributed by atoms with Crippen molar-refractivity contribution in [1.82, 2.24) is 19.2 Å². The topological polar surface area (TPSA) is 55.4 Å². The minimum absolute atomic E-state index is 0.381. The molecule has 0 aromatic carbocycles. The molecule has 3 aromatic rings. The van der Waals surface area contributed by atoms with Crippen molar-refractivity contribution in [3.63, 3.8) is 0 Å². The van der Waals surface area contributed by atoms with E-state index in [9.17, 15) is 5.11 Å². The van der Waals surface area contributed by atoms with Crippen molar-refractivity contribution in [2.24, 2.45) is 0 Å². The van der Waals surface area contributed by atoms with E-state index in [2.05, 4.69) is 23.9 Å². The van der Waals surface area contributed by atoms with Gasteiger partial charge in [-0.3, -0.25) is 4.68 Å². The second kappa shape index (κ2) is 5.69. The Morgan fingerprint density at radius 3 is 2.86 bits per heavy atom. The summed E-state index contributed by atoms with van der Waals surface area (Å²) in [6.45, 7) is 4.27. The van der Waals surface area contributed by atoms with Crippen LogP contribution in [0.15, 0.2) is 42.9 Å². The molecule has 0 aliphatic carbocycles. The summed E-state index contributed by atoms with van der Waals surface area (Å²) >= 11 is 0. The Hall–Kier alpha value is -2.14. The summed E-state index contributed by atoms with van der Waals surface area (Å²) in [5.74, 6) is 0. The summed E-state index contributed by atoms with van der Waals surface area (Å²) in [5, 5.41) is 14.9. The second-order valence-electron chi connectivity index (χ2n) is 5.40. The molecule has 0 saturated carbocycles. The molecule has 0 spiro atoms. The zero-order valence-electron chi connectivity index (χ0n) is 12.3. The van der Waals surface area contributed by atoms with E-state index in [1.165, 1.54) is 0 Å². The number of aliphatic hydroxyl groups excluding tert-OH is 1. The Bertz CT molecular complexity index is 698. The van der Waals surface area contributed by atoms with E-state index >= 15 is 0 Å². The van der Waals surface area contributed by atoms with Gasteiger partial charge in [0.15, 0.2) is 0 Å². The fourth-order valence-corrected chi connectivity index (χ4v) is 2.34. The van der Waals surface area contributed by atoms with E-state index < -0.39 is 6.10 Å². The average molecular weight is 284 g/mol. The number of hydrogen-bond acceptors (Lipinski definition) is 3. The van der Waals surface area contributed by atoms with E-state index in [-0.39, 0.29) is 0 Å². The monoisotopic (exact) mass is 284 g/mol. The molecule has 21 heavy (non-hydrogen) atoms. The lowest BCUT2D eigenvalue weighted by Gasteiger charge is -2.09. The zero-order valence-corrected chi connectivity index (χ0v) is 12.3. The number of hydrogen-bond donors (Lipinski definition) is 1. The molecule has 1 N–H and O–H groups in total. The molecule has 0 saturated heterocycles. The predicted octanol–water partition coefficient (Wildman–Crippen LogP) is 2.78. The molecular formula is C16H20N4O. The van der Waals surface area contributed by atoms with Crippen LogP contribution >= 0.6 is 0 Å². The van der Waals surface area contributed by atoms with E-state index in [0.29, 0.717) is 18.2 Å². The van der Waals surface area contributed by atoms with E-state index in [0.717, 1.165) is 17.8 Å². The smallest absolute Gasteiger partial charge is 0.137 e. The zero-order chi connectivity index (χ0) is 14.8. The van der Waals surface area contributed by atoms with Crippen molar-refractivity contribution >= 4 is 5.65 Å². The van der Waals surface area contributed by atoms with Crippen LogP contribution in [0.5, 0.6) is 0 Å². The Labute approximate surface area is 123 Å². The van der Waals surface area contributed by atoms with Gasteiger partial charge >= 0.3 is 0 Å². The molecule has 3 rings (SSSR count). The highest BCUT2D eigenvalue weighted by atomic mass is 16.3. The van der Waals surface area contributed by atoms with Crippen LogP contribution in [0.3, 0.4) is 0 Å². The molecule has 3 heterocycles. The van der Waals surface area contributed by atoms with E-state index in [1.807, 2.05) is 51.9 Å². The third kappa shape index (κ3) is 2.83. The Morgan fingerprint density at radius 1 is 1.24 bits per heavy atom. The Balaban J connectivity index is 1.76. The van der Waals surface area contributed by atoms with Crippen LogP contribution in [0.4, 0.5) is 0 Å². The van der Waals surface area contributed by atoms with Crippen molar-refractivity contribution in [2.45, 2.75) is 38.8 Å². The molecular weight excluding hydrogens is 264 g/mol. The first kappa shape index (κ1) is 13.8. The average Bonchev–Trinajstić information content (AvgIpc) is 3.12. The van der Waals surface area contributed by atoms with Crippen LogP contribution in [0.25, 0.3) is 5.65 Å². The summed E-state index contributed by atoms with van der Waals surface area (Å²) in [7, 11) is 0. The highest BCUT2D eigenvalue weighted by Crippen LogP contribution is 2.18. The minimum atomic E-state index is -0.634. The number of imidazole rings is 1. The van der Waals surface area contributed by atoms with Gasteiger partial charge in [0, 0.05) is 31.1 Å². The molecule has 2 atom stereocenters. The maximum Gasteiger partial charge on any atom is 0.137 e. The van der Waals surface area contributed by atoms with Crippen molar-refractivity contribution < 1.29 is 5.11 Å². The molecule has 0 bridgehead atoms. The molecule has 0 fully saturated rings. The van der Waals surface area contributed by atoms with Gasteiger partial charge in [0.1, 0.15) is 11.8 Å². The van der Waals surface area contributed by atoms with Gasteiger partial charge in [-0.05, 0) is 31.5 Å². The van der Waals surface area contributed by atoms with Crippen LogP contribution in [-0.4, -0.2) is 24.3 Å². The lowest BCUT2D eigenvalue weighted by atomic mass is 10.1. The number of aliphatic hydroxyl groups is 1. The van der Waals surface area contributed by atoms with Gasteiger partial charge in [-0.25, -0.2) is 4.98 Å². The first-order valence-electron chi connectivity index (χ1n) is 7.33. The van der Waals surface area contributed by atoms with E-state index in [1.54, 1.807) is 0 Å². The first-order valence-corrected chi connectivity index (χ1v) is 7.33. The quantitative estimate of drug-likeness (QED) is 0.784. The summed E-state index contributed by atoms with van der Waals surface area (Å²) in [6, 6.07) is 8.15. The third-order valence-electron chi connectivity index (χ3n) is 3.83. The van der Waals surface area contributed by atoms with Gasteiger partial charge in [-0.2, -0.15) is 5.10 Å². The molecule has 110 valence electrons. The number of fused-ring (bicyclic) bond motifs is 1. The molecule has 0 radical (unpaired) electrons. The van der Waals surface area contributed by atoms with Crippen molar-refractivity contribution in [3.05, 3.63) is 54.2 Å². The van der Waals surface area contributed by atoms with Crippen LogP contribution in [0.1, 0.15) is 43.8 Å². The summed E-state index contributed by atoms with van der Waals surface area (Å²) in [4.78, 5) is 4.45. The number of pyridine rings is 1. The standard InChI is InChI=1S/C16H20N4O/c1-3-12(2)20-9-7-13(18-20)10-15(21)14-11-19-8-5-4-6-16(19)17-14/h4-9,11-12,15,21H,3,10H2,1-2H3. The van der Waals surface area contributed by atoms with Gasteiger partial charge in [0.25, 0.3) is 0 Å². The maximum atomic E-state index is 10.4. The number of nitrogens with zero attached hydrogens (tertiary/aromatic N) is 4. The van der Waals surface area contributed by atoms with Crippen LogP contribution in [0, 0.1) is 0 Å². The highest BCUT2D eigenvalue weighted by molar-refractivity contribution is 5.39. The van der Waals surface area contributed by atoms with Gasteiger partial charge in [0.2, 0.25) is 0 Å². The Morgan fingerprint density at radius 2 is 2.10 bits per heavy atom. The molecule has 3 aromatic heterocycles. The van der Waals surface area contributed by atoms with Gasteiger partial charge in [-0.15, -0.1) is 0 Å². The summed E-state index contributed by atoms with van der Waals surface area (Å²) < 4.78 is 3.86. The summed E-state index contributed by atoms with van der Waals surface area (Å²) in [5.41, 5.74) is 2.41. The lowest BCUT2D eigenvalue weighted by Crippen LogP contribution is -2.07. The third-order valence-corrected chi connectivity index (χ3v) is 3.83. The molecule has 5 nitrogen and oxygen atoms in total. The molecule has 0 aliphatic rings. The van der Waals surface area contributed by atoms with Gasteiger partial charge < -0.3 is 9.51 Å². The van der Waals surface area contributed by atoms with Crippen LogP contribution in [0.2, 0.25) is 0 Å². The lowest BCUT2D eigenvalue weighted by molar-refractivity contribution is 0.172. The van der Waals surface area contributed by atoms with E-state index in [4.69, 9.17) is 0 Å². The maximum absolute atomic E-state index is 10.4. The molecule has 0 aliphatic heterocycles. The fraction of sp³-hybridized carbons (Fsp3) is 0.375. The van der Waals surface area contributed by atoms with Gasteiger partial charge in [-0.1, -0.05) is 13.0 Å². The fourth-order valence-electron chi connectivity index (χ4n) is 2.34. The van der Waals surface area contributed by atoms with Crippen molar-refractivity contribution in [1.29, 1.82) is 0 Å². The minimum Gasteiger partial charge on any atom is -0.386 e. The number of aromatic nitrogens is 4. The molecule has 0 amide bonds. The van der Waals surface area contributed by atoms with Crippen molar-refractivity contribution in [3.8, 4) is 0 Å². The van der Waals surface area contributed by atoms with Gasteiger partial charge in [0.05, 0.1) is 11.4 Å². The van der Waals surface area contributed by atoms with Crippen LogP contribution in [-0.2, 0) is 6.42 Å². The van der Waals surface area contributed by atoms with Crippen molar-refractivity contribution in [2.75, 3.05) is 0 Å².